The number of aliphatic carboxylic acids is 1. The zero-order valence-corrected chi connectivity index (χ0v) is 11.3. The molecular formula is C13H17N3O4. The molecule has 1 aliphatic heterocycles. The summed E-state index contributed by atoms with van der Waals surface area (Å²) >= 11 is 0. The highest BCUT2D eigenvalue weighted by molar-refractivity contribution is 5.67. The molecule has 1 aromatic rings. The number of aromatic nitrogens is 1. The monoisotopic (exact) mass is 279 g/mol. The molecule has 1 fully saturated rings. The molecule has 7 nitrogen and oxygen atoms in total. The molecule has 2 rings (SSSR count). The van der Waals surface area contributed by atoms with Gasteiger partial charge in [-0.15, -0.1) is 0 Å². The fourth-order valence-corrected chi connectivity index (χ4v) is 2.56. The number of aryl methyl sites for hydroxylation is 1. The van der Waals surface area contributed by atoms with Crippen molar-refractivity contribution < 1.29 is 14.8 Å². The summed E-state index contributed by atoms with van der Waals surface area (Å²) in [6.07, 6.45) is 3.37. The summed E-state index contributed by atoms with van der Waals surface area (Å²) in [5.74, 6) is -0.180. The van der Waals surface area contributed by atoms with Crippen LogP contribution in [-0.4, -0.2) is 34.1 Å². The van der Waals surface area contributed by atoms with Gasteiger partial charge in [-0.1, -0.05) is 0 Å². The average Bonchev–Trinajstić information content (AvgIpc) is 2.38. The van der Waals surface area contributed by atoms with E-state index in [1.54, 1.807) is 6.92 Å². The van der Waals surface area contributed by atoms with Crippen LogP contribution < -0.4 is 4.90 Å². The van der Waals surface area contributed by atoms with E-state index in [1.807, 2.05) is 4.90 Å². The van der Waals surface area contributed by atoms with Crippen molar-refractivity contribution >= 4 is 17.5 Å². The topological polar surface area (TPSA) is 96.6 Å². The number of anilines is 1. The van der Waals surface area contributed by atoms with E-state index in [4.69, 9.17) is 5.11 Å². The molecule has 0 amide bonds. The second kappa shape index (κ2) is 5.85. The van der Waals surface area contributed by atoms with Crippen LogP contribution in [-0.2, 0) is 4.79 Å². The second-order valence-corrected chi connectivity index (χ2v) is 5.14. The minimum atomic E-state index is -0.806. The summed E-state index contributed by atoms with van der Waals surface area (Å²) in [5, 5.41) is 19.8. The van der Waals surface area contributed by atoms with Crippen LogP contribution in [0.15, 0.2) is 12.3 Å². The Labute approximate surface area is 116 Å². The fourth-order valence-electron chi connectivity index (χ4n) is 2.56. The first kappa shape index (κ1) is 14.2. The van der Waals surface area contributed by atoms with Crippen LogP contribution in [0.25, 0.3) is 0 Å². The SMILES string of the molecule is Cc1cnc(N2CCCC(CC(=O)O)C2)cc1[N+](=O)[O-]. The maximum Gasteiger partial charge on any atom is 0.303 e. The van der Waals surface area contributed by atoms with Gasteiger partial charge in [0.15, 0.2) is 0 Å². The van der Waals surface area contributed by atoms with Crippen molar-refractivity contribution in [3.05, 3.63) is 27.9 Å². The smallest absolute Gasteiger partial charge is 0.303 e. The lowest BCUT2D eigenvalue weighted by Crippen LogP contribution is -2.36. The van der Waals surface area contributed by atoms with Crippen LogP contribution in [0.4, 0.5) is 11.5 Å². The summed E-state index contributed by atoms with van der Waals surface area (Å²) in [7, 11) is 0. The summed E-state index contributed by atoms with van der Waals surface area (Å²) in [5.41, 5.74) is 0.577. The highest BCUT2D eigenvalue weighted by atomic mass is 16.6. The van der Waals surface area contributed by atoms with Gasteiger partial charge in [0.2, 0.25) is 0 Å². The van der Waals surface area contributed by atoms with E-state index in [9.17, 15) is 14.9 Å². The van der Waals surface area contributed by atoms with Crippen LogP contribution in [0.3, 0.4) is 0 Å². The van der Waals surface area contributed by atoms with Crippen molar-refractivity contribution in [3.63, 3.8) is 0 Å². The molecule has 1 saturated heterocycles. The number of carbonyl (C=O) groups is 1. The van der Waals surface area contributed by atoms with Gasteiger partial charge in [0.05, 0.1) is 11.0 Å². The zero-order valence-electron chi connectivity index (χ0n) is 11.3. The van der Waals surface area contributed by atoms with Crippen molar-refractivity contribution in [3.8, 4) is 0 Å². The van der Waals surface area contributed by atoms with Crippen LogP contribution in [0, 0.1) is 23.0 Å². The van der Waals surface area contributed by atoms with E-state index < -0.39 is 10.9 Å². The van der Waals surface area contributed by atoms with E-state index in [-0.39, 0.29) is 18.0 Å². The molecular weight excluding hydrogens is 262 g/mol. The van der Waals surface area contributed by atoms with Crippen molar-refractivity contribution in [2.75, 3.05) is 18.0 Å². The Morgan fingerprint density at radius 1 is 1.65 bits per heavy atom. The van der Waals surface area contributed by atoms with Gasteiger partial charge in [-0.2, -0.15) is 0 Å². The molecule has 0 radical (unpaired) electrons. The largest absolute Gasteiger partial charge is 0.481 e. The van der Waals surface area contributed by atoms with Gasteiger partial charge in [0.1, 0.15) is 5.82 Å². The molecule has 2 heterocycles. The van der Waals surface area contributed by atoms with Crippen molar-refractivity contribution in [2.45, 2.75) is 26.2 Å². The number of pyridine rings is 1. The number of piperidine rings is 1. The van der Waals surface area contributed by atoms with E-state index in [0.29, 0.717) is 17.9 Å². The third-order valence-electron chi connectivity index (χ3n) is 3.56. The molecule has 0 bridgehead atoms. The third-order valence-corrected chi connectivity index (χ3v) is 3.56. The van der Waals surface area contributed by atoms with Gasteiger partial charge in [0, 0.05) is 31.3 Å². The normalized spacial score (nSPS) is 18.9. The maximum atomic E-state index is 10.9. The van der Waals surface area contributed by atoms with Crippen LogP contribution in [0.1, 0.15) is 24.8 Å². The number of nitrogens with zero attached hydrogens (tertiary/aromatic N) is 3. The predicted octanol–water partition coefficient (Wildman–Crippen LogP) is 1.99. The van der Waals surface area contributed by atoms with E-state index in [2.05, 4.69) is 4.98 Å². The van der Waals surface area contributed by atoms with Gasteiger partial charge < -0.3 is 10.0 Å². The maximum absolute atomic E-state index is 10.9. The molecule has 1 aromatic heterocycles. The molecule has 1 atom stereocenters. The summed E-state index contributed by atoms with van der Waals surface area (Å²) in [4.78, 5) is 27.5. The molecule has 7 heteroatoms. The number of carboxylic acids is 1. The van der Waals surface area contributed by atoms with Crippen molar-refractivity contribution in [1.29, 1.82) is 0 Å². The predicted molar refractivity (Wildman–Crippen MR) is 72.8 cm³/mol. The van der Waals surface area contributed by atoms with E-state index >= 15 is 0 Å². The Kier molecular flexibility index (Phi) is 4.16. The number of rotatable bonds is 4. The first-order valence-corrected chi connectivity index (χ1v) is 6.55. The second-order valence-electron chi connectivity index (χ2n) is 5.14. The lowest BCUT2D eigenvalue weighted by molar-refractivity contribution is -0.385. The van der Waals surface area contributed by atoms with Gasteiger partial charge in [-0.3, -0.25) is 14.9 Å². The number of carboxylic acid groups (broad SMARTS) is 1. The van der Waals surface area contributed by atoms with Crippen molar-refractivity contribution in [1.82, 2.24) is 4.98 Å². The molecule has 1 aliphatic rings. The van der Waals surface area contributed by atoms with Crippen LogP contribution in [0.2, 0.25) is 0 Å². The quantitative estimate of drug-likeness (QED) is 0.668. The molecule has 0 spiro atoms. The Balaban J connectivity index is 2.16. The summed E-state index contributed by atoms with van der Waals surface area (Å²) in [6, 6.07) is 1.47. The summed E-state index contributed by atoms with van der Waals surface area (Å²) in [6.45, 7) is 2.99. The standard InChI is InChI=1S/C13H17N3O4/c1-9-7-14-12(6-11(9)16(19)20)15-4-2-3-10(8-15)5-13(17)18/h6-7,10H,2-5,8H2,1H3,(H,17,18). The Morgan fingerprint density at radius 3 is 3.05 bits per heavy atom. The number of hydrogen-bond donors (Lipinski definition) is 1. The third kappa shape index (κ3) is 3.23. The molecule has 0 aliphatic carbocycles. The fraction of sp³-hybridized carbons (Fsp3) is 0.538. The Morgan fingerprint density at radius 2 is 2.40 bits per heavy atom. The molecule has 1 N–H and O–H groups in total. The minimum Gasteiger partial charge on any atom is -0.481 e. The first-order chi connectivity index (χ1) is 9.47. The zero-order chi connectivity index (χ0) is 14.7. The van der Waals surface area contributed by atoms with Gasteiger partial charge in [-0.25, -0.2) is 4.98 Å². The first-order valence-electron chi connectivity index (χ1n) is 6.55. The average molecular weight is 279 g/mol. The van der Waals surface area contributed by atoms with Crippen LogP contribution in [0.5, 0.6) is 0 Å². The lowest BCUT2D eigenvalue weighted by atomic mass is 9.95. The minimum absolute atomic E-state index is 0.0513. The summed E-state index contributed by atoms with van der Waals surface area (Å²) < 4.78 is 0. The highest BCUT2D eigenvalue weighted by Crippen LogP contribution is 2.27. The molecule has 20 heavy (non-hydrogen) atoms. The van der Waals surface area contributed by atoms with E-state index in [1.165, 1.54) is 12.3 Å². The van der Waals surface area contributed by atoms with E-state index in [0.717, 1.165) is 19.4 Å². The van der Waals surface area contributed by atoms with Gasteiger partial charge in [-0.05, 0) is 25.7 Å². The molecule has 1 unspecified atom stereocenters. The van der Waals surface area contributed by atoms with Crippen molar-refractivity contribution in [2.24, 2.45) is 5.92 Å². The van der Waals surface area contributed by atoms with Gasteiger partial charge in [0.25, 0.3) is 5.69 Å². The molecule has 0 aromatic carbocycles. The Hall–Kier alpha value is -2.18. The molecule has 108 valence electrons. The van der Waals surface area contributed by atoms with Crippen LogP contribution >= 0.6 is 0 Å². The number of hydrogen-bond acceptors (Lipinski definition) is 5. The number of nitro groups is 1. The molecule has 0 saturated carbocycles. The Bertz CT molecular complexity index is 532. The highest BCUT2D eigenvalue weighted by Gasteiger charge is 2.24. The lowest BCUT2D eigenvalue weighted by Gasteiger charge is -2.32. The van der Waals surface area contributed by atoms with Gasteiger partial charge >= 0.3 is 5.97 Å².